The Morgan fingerprint density at radius 3 is 2.60 bits per heavy atom. The van der Waals surface area contributed by atoms with Crippen LogP contribution in [-0.4, -0.2) is 81.8 Å². The molecule has 2 N–H and O–H groups in total. The Morgan fingerprint density at radius 2 is 2.00 bits per heavy atom. The maximum absolute atomic E-state index is 11.7. The molecule has 0 amide bonds. The van der Waals surface area contributed by atoms with E-state index in [4.69, 9.17) is 9.73 Å². The van der Waals surface area contributed by atoms with Crippen molar-refractivity contribution in [2.75, 3.05) is 50.9 Å². The molecule has 25 heavy (non-hydrogen) atoms. The van der Waals surface area contributed by atoms with Crippen molar-refractivity contribution >= 4 is 15.8 Å². The molecule has 7 nitrogen and oxygen atoms in total. The average Bonchev–Trinajstić information content (AvgIpc) is 3.24. The van der Waals surface area contributed by atoms with Crippen LogP contribution in [0.5, 0.6) is 0 Å². The number of nitrogens with one attached hydrogen (secondary N) is 2. The van der Waals surface area contributed by atoms with Crippen LogP contribution in [0.3, 0.4) is 0 Å². The van der Waals surface area contributed by atoms with Gasteiger partial charge in [0.1, 0.15) is 0 Å². The molecule has 0 aliphatic carbocycles. The van der Waals surface area contributed by atoms with E-state index in [1.54, 1.807) is 0 Å². The van der Waals surface area contributed by atoms with Gasteiger partial charge in [-0.2, -0.15) is 0 Å². The van der Waals surface area contributed by atoms with Crippen LogP contribution in [0.25, 0.3) is 0 Å². The Balaban J connectivity index is 1.67. The molecule has 0 saturated carbocycles. The number of aliphatic imine (C=N–C) groups is 1. The summed E-state index contributed by atoms with van der Waals surface area (Å²) in [4.78, 5) is 7.47. The highest BCUT2D eigenvalue weighted by Crippen LogP contribution is 2.31. The third-order valence-electron chi connectivity index (χ3n) is 5.65. The molecule has 0 radical (unpaired) electrons. The van der Waals surface area contributed by atoms with Gasteiger partial charge in [0.05, 0.1) is 18.1 Å². The number of nitrogens with zero attached hydrogens (tertiary/aromatic N) is 2. The topological polar surface area (TPSA) is 83.0 Å². The van der Waals surface area contributed by atoms with Crippen molar-refractivity contribution in [2.45, 2.75) is 50.6 Å². The second-order valence-corrected chi connectivity index (χ2v) is 9.70. The number of guanidine groups is 1. The highest BCUT2D eigenvalue weighted by atomic mass is 32.2. The summed E-state index contributed by atoms with van der Waals surface area (Å²) in [5, 5.41) is 6.61. The van der Waals surface area contributed by atoms with Crippen molar-refractivity contribution in [3.63, 3.8) is 0 Å². The molecule has 3 aliphatic heterocycles. The van der Waals surface area contributed by atoms with Gasteiger partial charge in [-0.15, -0.1) is 0 Å². The van der Waals surface area contributed by atoms with Crippen molar-refractivity contribution in [1.29, 1.82) is 0 Å². The molecule has 3 fully saturated rings. The van der Waals surface area contributed by atoms with Crippen molar-refractivity contribution in [3.8, 4) is 0 Å². The third-order valence-corrected chi connectivity index (χ3v) is 7.42. The summed E-state index contributed by atoms with van der Waals surface area (Å²) in [5.74, 6) is 1.23. The Kier molecular flexibility index (Phi) is 6.22. The van der Waals surface area contributed by atoms with E-state index in [-0.39, 0.29) is 23.1 Å². The standard InChI is InChI=1S/C17H32N4O3S/c1-2-18-16(20-15-5-12-25(22,23)13-15)19-14-17(6-10-24-11-7-17)21-8-3-4-9-21/h15H,2-14H2,1H3,(H2,18,19,20). The molecule has 8 heteroatoms. The number of hydrogen-bond donors (Lipinski definition) is 2. The van der Waals surface area contributed by atoms with Gasteiger partial charge in [0, 0.05) is 31.3 Å². The Labute approximate surface area is 151 Å². The summed E-state index contributed by atoms with van der Waals surface area (Å²) >= 11 is 0. The minimum absolute atomic E-state index is 0.0276. The fraction of sp³-hybridized carbons (Fsp3) is 0.941. The normalized spacial score (nSPS) is 29.6. The van der Waals surface area contributed by atoms with Crippen molar-refractivity contribution < 1.29 is 13.2 Å². The maximum Gasteiger partial charge on any atom is 0.191 e. The van der Waals surface area contributed by atoms with Crippen LogP contribution in [-0.2, 0) is 14.6 Å². The Hall–Kier alpha value is -0.860. The summed E-state index contributed by atoms with van der Waals surface area (Å²) in [5.41, 5.74) is 0.0961. The van der Waals surface area contributed by atoms with Crippen LogP contribution in [0.15, 0.2) is 4.99 Å². The summed E-state index contributed by atoms with van der Waals surface area (Å²) in [6.45, 7) is 7.46. The molecule has 0 bridgehead atoms. The van der Waals surface area contributed by atoms with Gasteiger partial charge < -0.3 is 15.4 Å². The summed E-state index contributed by atoms with van der Waals surface area (Å²) in [6.07, 6.45) is 5.24. The van der Waals surface area contributed by atoms with Crippen molar-refractivity contribution in [2.24, 2.45) is 4.99 Å². The molecule has 1 atom stereocenters. The summed E-state index contributed by atoms with van der Waals surface area (Å²) < 4.78 is 29.0. The van der Waals surface area contributed by atoms with E-state index in [0.717, 1.165) is 58.2 Å². The van der Waals surface area contributed by atoms with Gasteiger partial charge in [-0.25, -0.2) is 8.42 Å². The molecule has 3 rings (SSSR count). The van der Waals surface area contributed by atoms with Crippen LogP contribution >= 0.6 is 0 Å². The monoisotopic (exact) mass is 372 g/mol. The average molecular weight is 373 g/mol. The van der Waals surface area contributed by atoms with Gasteiger partial charge in [0.2, 0.25) is 0 Å². The number of ether oxygens (including phenoxy) is 1. The van der Waals surface area contributed by atoms with Crippen LogP contribution in [0.2, 0.25) is 0 Å². The molecule has 0 aromatic rings. The van der Waals surface area contributed by atoms with Gasteiger partial charge in [0.25, 0.3) is 0 Å². The van der Waals surface area contributed by atoms with Gasteiger partial charge in [0.15, 0.2) is 15.8 Å². The summed E-state index contributed by atoms with van der Waals surface area (Å²) in [6, 6.07) is -0.0276. The first-order valence-corrected chi connectivity index (χ1v) is 11.4. The van der Waals surface area contributed by atoms with Crippen LogP contribution in [0, 0.1) is 0 Å². The van der Waals surface area contributed by atoms with Gasteiger partial charge >= 0.3 is 0 Å². The van der Waals surface area contributed by atoms with E-state index in [1.165, 1.54) is 12.8 Å². The molecule has 0 aromatic heterocycles. The number of hydrogen-bond acceptors (Lipinski definition) is 5. The molecule has 1 unspecified atom stereocenters. The Morgan fingerprint density at radius 1 is 1.28 bits per heavy atom. The predicted molar refractivity (Wildman–Crippen MR) is 99.8 cm³/mol. The van der Waals surface area contributed by atoms with Crippen molar-refractivity contribution in [3.05, 3.63) is 0 Å². The van der Waals surface area contributed by atoms with Gasteiger partial charge in [-0.05, 0) is 52.1 Å². The lowest BCUT2D eigenvalue weighted by atomic mass is 9.88. The van der Waals surface area contributed by atoms with Crippen molar-refractivity contribution in [1.82, 2.24) is 15.5 Å². The highest BCUT2D eigenvalue weighted by Gasteiger charge is 2.39. The third kappa shape index (κ3) is 4.86. The quantitative estimate of drug-likeness (QED) is 0.536. The first-order valence-electron chi connectivity index (χ1n) is 9.61. The van der Waals surface area contributed by atoms with E-state index in [1.807, 2.05) is 6.92 Å². The van der Waals surface area contributed by atoms with Crippen LogP contribution in [0.1, 0.15) is 39.0 Å². The molecular weight excluding hydrogens is 340 g/mol. The maximum atomic E-state index is 11.7. The molecule has 0 spiro atoms. The molecule has 3 aliphatic rings. The molecule has 144 valence electrons. The largest absolute Gasteiger partial charge is 0.381 e. The molecule has 0 aromatic carbocycles. The lowest BCUT2D eigenvalue weighted by Gasteiger charge is -2.43. The minimum atomic E-state index is -2.89. The van der Waals surface area contributed by atoms with E-state index in [0.29, 0.717) is 6.42 Å². The first-order chi connectivity index (χ1) is 12.0. The number of likely N-dealkylation sites (tertiary alicyclic amines) is 1. The zero-order chi connectivity index (χ0) is 17.8. The van der Waals surface area contributed by atoms with Crippen LogP contribution in [0.4, 0.5) is 0 Å². The highest BCUT2D eigenvalue weighted by molar-refractivity contribution is 7.91. The van der Waals surface area contributed by atoms with E-state index < -0.39 is 9.84 Å². The lowest BCUT2D eigenvalue weighted by Crippen LogP contribution is -2.54. The van der Waals surface area contributed by atoms with Crippen LogP contribution < -0.4 is 10.6 Å². The fourth-order valence-corrected chi connectivity index (χ4v) is 5.84. The predicted octanol–water partition coefficient (Wildman–Crippen LogP) is 0.374. The van der Waals surface area contributed by atoms with E-state index in [9.17, 15) is 8.42 Å². The van der Waals surface area contributed by atoms with Gasteiger partial charge in [-0.1, -0.05) is 0 Å². The fourth-order valence-electron chi connectivity index (χ4n) is 4.17. The second kappa shape index (κ2) is 8.22. The SMILES string of the molecule is CCNC(=NCC1(N2CCCC2)CCOCC1)NC1CCS(=O)(=O)C1. The zero-order valence-corrected chi connectivity index (χ0v) is 16.1. The second-order valence-electron chi connectivity index (χ2n) is 7.47. The minimum Gasteiger partial charge on any atom is -0.381 e. The number of sulfone groups is 1. The smallest absolute Gasteiger partial charge is 0.191 e. The molecule has 3 saturated heterocycles. The first kappa shape index (κ1) is 18.9. The van der Waals surface area contributed by atoms with E-state index >= 15 is 0 Å². The van der Waals surface area contributed by atoms with Gasteiger partial charge in [-0.3, -0.25) is 9.89 Å². The Bertz CT molecular complexity index is 566. The summed E-state index contributed by atoms with van der Waals surface area (Å²) in [7, 11) is -2.89. The lowest BCUT2D eigenvalue weighted by molar-refractivity contribution is -0.0139. The zero-order valence-electron chi connectivity index (χ0n) is 15.3. The van der Waals surface area contributed by atoms with E-state index in [2.05, 4.69) is 15.5 Å². The number of rotatable bonds is 5. The molecular formula is C17H32N4O3S. The molecule has 3 heterocycles.